The van der Waals surface area contributed by atoms with Crippen LogP contribution in [-0.4, -0.2) is 68.5 Å². The molecule has 0 rings (SSSR count). The first-order valence-corrected chi connectivity index (χ1v) is 31.3. The van der Waals surface area contributed by atoms with Gasteiger partial charge in [0.1, 0.15) is 13.2 Å². The Morgan fingerprint density at radius 3 is 1.20 bits per heavy atom. The molecule has 9 heteroatoms. The molecule has 0 bridgehead atoms. The van der Waals surface area contributed by atoms with Gasteiger partial charge in [0.15, 0.2) is 0 Å². The number of unbranched alkanes of at least 4 members (excludes halogenated alkanes) is 38. The minimum atomic E-state index is -4.60. The summed E-state index contributed by atoms with van der Waals surface area (Å²) in [5, 5.41) is 13.9. The molecule has 0 aromatic heterocycles. The van der Waals surface area contributed by atoms with E-state index in [0.29, 0.717) is 17.4 Å². The van der Waals surface area contributed by atoms with E-state index in [9.17, 15) is 19.4 Å². The fourth-order valence-corrected chi connectivity index (χ4v) is 9.61. The summed E-state index contributed by atoms with van der Waals surface area (Å²) in [5.74, 6) is -0.194. The summed E-state index contributed by atoms with van der Waals surface area (Å²) >= 11 is 0. The second kappa shape index (κ2) is 51.6. The number of rotatable bonds is 55. The molecule has 3 atom stereocenters. The Labute approximate surface area is 429 Å². The van der Waals surface area contributed by atoms with Crippen LogP contribution in [0.4, 0.5) is 0 Å². The number of nitrogens with one attached hydrogen (secondary N) is 1. The fraction of sp³-hybridized carbons (Fsp3) is 0.883. The number of hydrogen-bond donors (Lipinski definition) is 2. The molecular weight excluding hydrogens is 876 g/mol. The molecule has 2 N–H and O–H groups in total. The van der Waals surface area contributed by atoms with Gasteiger partial charge in [-0.25, -0.2) is 0 Å². The van der Waals surface area contributed by atoms with Crippen molar-refractivity contribution in [1.82, 2.24) is 5.32 Å². The van der Waals surface area contributed by atoms with Crippen LogP contribution in [0.2, 0.25) is 0 Å². The lowest BCUT2D eigenvalue weighted by Crippen LogP contribution is -2.45. The van der Waals surface area contributed by atoms with E-state index in [4.69, 9.17) is 9.05 Å². The van der Waals surface area contributed by atoms with Gasteiger partial charge in [-0.3, -0.25) is 9.36 Å². The molecule has 408 valence electrons. The maximum atomic E-state index is 13.0. The van der Waals surface area contributed by atoms with Crippen molar-refractivity contribution in [2.24, 2.45) is 0 Å². The third kappa shape index (κ3) is 54.3. The Kier molecular flexibility index (Phi) is 50.7. The van der Waals surface area contributed by atoms with Gasteiger partial charge in [0.05, 0.1) is 39.9 Å². The molecule has 0 aliphatic heterocycles. The van der Waals surface area contributed by atoms with Gasteiger partial charge in [-0.1, -0.05) is 269 Å². The SMILES string of the molecule is CCCCCCC/C=C\C/C=C\CCCCCCCCCCCCCCCCCC(=O)NC(COP(=O)([O-])OCC[N+](C)(C)C)C(O)/C=C/CCCCCCCCCCCCCCCCCCCC. The van der Waals surface area contributed by atoms with Crippen LogP contribution in [0.3, 0.4) is 0 Å². The monoisotopic (exact) mass is 993 g/mol. The van der Waals surface area contributed by atoms with Gasteiger partial charge < -0.3 is 28.8 Å². The molecule has 0 aliphatic carbocycles. The Bertz CT molecular complexity index is 1220. The molecule has 0 fully saturated rings. The number of nitrogens with zero attached hydrogens (tertiary/aromatic N) is 1. The summed E-state index contributed by atoms with van der Waals surface area (Å²) < 4.78 is 23.4. The normalized spacial score (nSPS) is 14.1. The number of phosphoric acid groups is 1. The Morgan fingerprint density at radius 1 is 0.507 bits per heavy atom. The topological polar surface area (TPSA) is 108 Å². The van der Waals surface area contributed by atoms with Crippen LogP contribution in [0.25, 0.3) is 0 Å². The van der Waals surface area contributed by atoms with Crippen molar-refractivity contribution in [3.8, 4) is 0 Å². The number of carbonyl (C=O) groups excluding carboxylic acids is 1. The van der Waals surface area contributed by atoms with Gasteiger partial charge >= 0.3 is 0 Å². The number of hydrogen-bond acceptors (Lipinski definition) is 6. The van der Waals surface area contributed by atoms with Crippen LogP contribution >= 0.6 is 7.82 Å². The van der Waals surface area contributed by atoms with Crippen LogP contribution < -0.4 is 10.2 Å². The molecule has 8 nitrogen and oxygen atoms in total. The van der Waals surface area contributed by atoms with Gasteiger partial charge in [0.2, 0.25) is 5.91 Å². The van der Waals surface area contributed by atoms with Crippen LogP contribution in [0.1, 0.15) is 290 Å². The van der Waals surface area contributed by atoms with Gasteiger partial charge in [-0.15, -0.1) is 0 Å². The van der Waals surface area contributed by atoms with Gasteiger partial charge in [0.25, 0.3) is 7.82 Å². The largest absolute Gasteiger partial charge is 0.756 e. The standard InChI is InChI=1S/C60H117N2O6P/c1-6-8-10-12-14-16-18-20-22-24-26-28-29-30-31-32-33-34-36-38-40-42-44-46-48-50-52-54-60(64)61-58(57-68-69(65,66)67-56-55-62(3,4)5)59(63)53-51-49-47-45-43-41-39-37-35-27-25-23-21-19-17-15-13-11-9-7-2/h18,20,24,26,51,53,58-59,63H,6-17,19,21-23,25,27-50,52,54-57H2,1-5H3,(H-,61,64,65,66)/b20-18-,26-24-,53-51+. The van der Waals surface area contributed by atoms with Crippen LogP contribution in [0, 0.1) is 0 Å². The molecule has 0 aromatic carbocycles. The molecular formula is C60H117N2O6P. The highest BCUT2D eigenvalue weighted by Gasteiger charge is 2.23. The van der Waals surface area contributed by atoms with Gasteiger partial charge in [-0.2, -0.15) is 0 Å². The van der Waals surface area contributed by atoms with E-state index in [1.54, 1.807) is 6.08 Å². The predicted octanol–water partition coefficient (Wildman–Crippen LogP) is 17.5. The third-order valence-corrected chi connectivity index (χ3v) is 14.6. The van der Waals surface area contributed by atoms with Gasteiger partial charge in [0, 0.05) is 6.42 Å². The quantitative estimate of drug-likeness (QED) is 0.0272. The smallest absolute Gasteiger partial charge is 0.268 e. The number of carbonyl (C=O) groups is 1. The Hall–Kier alpha value is -1.28. The van der Waals surface area contributed by atoms with Crippen molar-refractivity contribution in [2.45, 2.75) is 302 Å². The molecule has 3 unspecified atom stereocenters. The zero-order valence-corrected chi connectivity index (χ0v) is 47.4. The molecule has 0 aromatic rings. The van der Waals surface area contributed by atoms with Crippen molar-refractivity contribution >= 4 is 13.7 Å². The lowest BCUT2D eigenvalue weighted by atomic mass is 10.0. The first-order chi connectivity index (χ1) is 33.5. The summed E-state index contributed by atoms with van der Waals surface area (Å²) in [6.45, 7) is 4.68. The van der Waals surface area contributed by atoms with Gasteiger partial charge in [-0.05, 0) is 51.4 Å². The van der Waals surface area contributed by atoms with Crippen LogP contribution in [-0.2, 0) is 18.4 Å². The van der Waals surface area contributed by atoms with E-state index in [-0.39, 0.29) is 19.1 Å². The Balaban J connectivity index is 4.16. The average molecular weight is 994 g/mol. The van der Waals surface area contributed by atoms with E-state index < -0.39 is 20.0 Å². The highest BCUT2D eigenvalue weighted by Crippen LogP contribution is 2.38. The minimum Gasteiger partial charge on any atom is -0.756 e. The third-order valence-electron chi connectivity index (χ3n) is 13.6. The number of aliphatic hydroxyl groups excluding tert-OH is 1. The van der Waals surface area contributed by atoms with Crippen molar-refractivity contribution in [3.63, 3.8) is 0 Å². The Morgan fingerprint density at radius 2 is 0.841 bits per heavy atom. The number of aliphatic hydroxyl groups is 1. The minimum absolute atomic E-state index is 0.000195. The predicted molar refractivity (Wildman–Crippen MR) is 298 cm³/mol. The molecule has 69 heavy (non-hydrogen) atoms. The fourth-order valence-electron chi connectivity index (χ4n) is 8.89. The second-order valence-electron chi connectivity index (χ2n) is 21.7. The summed E-state index contributed by atoms with van der Waals surface area (Å²) in [6.07, 6.45) is 66.5. The van der Waals surface area contributed by atoms with Crippen molar-refractivity contribution in [3.05, 3.63) is 36.5 Å². The summed E-state index contributed by atoms with van der Waals surface area (Å²) in [4.78, 5) is 25.5. The maximum Gasteiger partial charge on any atom is 0.268 e. The molecule has 0 aliphatic rings. The van der Waals surface area contributed by atoms with E-state index >= 15 is 0 Å². The summed E-state index contributed by atoms with van der Waals surface area (Å²) in [7, 11) is 1.27. The zero-order valence-electron chi connectivity index (χ0n) is 46.5. The number of quaternary nitrogens is 1. The van der Waals surface area contributed by atoms with Crippen molar-refractivity contribution < 1.29 is 32.9 Å². The summed E-state index contributed by atoms with van der Waals surface area (Å²) in [6, 6.07) is -0.886. The number of phosphoric ester groups is 1. The molecule has 0 saturated carbocycles. The number of likely N-dealkylation sites (N-methyl/N-ethyl adjacent to an activating group) is 1. The van der Waals surface area contributed by atoms with Crippen LogP contribution in [0.15, 0.2) is 36.5 Å². The van der Waals surface area contributed by atoms with E-state index in [0.717, 1.165) is 44.9 Å². The molecule has 0 heterocycles. The molecule has 0 spiro atoms. The van der Waals surface area contributed by atoms with E-state index in [1.807, 2.05) is 27.2 Å². The lowest BCUT2D eigenvalue weighted by molar-refractivity contribution is -0.870. The van der Waals surface area contributed by atoms with Crippen molar-refractivity contribution in [2.75, 3.05) is 40.9 Å². The van der Waals surface area contributed by atoms with Crippen molar-refractivity contribution in [1.29, 1.82) is 0 Å². The number of allylic oxidation sites excluding steroid dienone is 5. The highest BCUT2D eigenvalue weighted by molar-refractivity contribution is 7.45. The highest BCUT2D eigenvalue weighted by atomic mass is 31.2. The lowest BCUT2D eigenvalue weighted by Gasteiger charge is -2.29. The number of amides is 1. The first-order valence-electron chi connectivity index (χ1n) is 29.9. The maximum absolute atomic E-state index is 13.0. The molecule has 1 amide bonds. The van der Waals surface area contributed by atoms with E-state index in [2.05, 4.69) is 43.5 Å². The zero-order chi connectivity index (χ0) is 50.6. The molecule has 0 saturated heterocycles. The van der Waals surface area contributed by atoms with E-state index in [1.165, 1.54) is 225 Å². The summed E-state index contributed by atoms with van der Waals surface area (Å²) in [5.41, 5.74) is 0. The van der Waals surface area contributed by atoms with Crippen LogP contribution in [0.5, 0.6) is 0 Å². The second-order valence-corrected chi connectivity index (χ2v) is 23.1. The average Bonchev–Trinajstić information content (AvgIpc) is 3.31. The molecule has 0 radical (unpaired) electrons. The first kappa shape index (κ1) is 67.7.